The van der Waals surface area contributed by atoms with Gasteiger partial charge in [-0.15, -0.1) is 0 Å². The summed E-state index contributed by atoms with van der Waals surface area (Å²) in [5.41, 5.74) is 0.0310. The summed E-state index contributed by atoms with van der Waals surface area (Å²) in [5, 5.41) is 11.1. The van der Waals surface area contributed by atoms with Crippen molar-refractivity contribution >= 4 is 6.16 Å². The number of aliphatic hydroxyl groups is 1. The number of hydrogen-bond acceptors (Lipinski definition) is 5. The first-order valence-corrected chi connectivity index (χ1v) is 13.4. The maximum absolute atomic E-state index is 11.9. The van der Waals surface area contributed by atoms with E-state index in [4.69, 9.17) is 14.2 Å². The Bertz CT molecular complexity index is 634. The van der Waals surface area contributed by atoms with Gasteiger partial charge >= 0.3 is 6.16 Å². The van der Waals surface area contributed by atoms with E-state index in [-0.39, 0.29) is 6.10 Å². The minimum Gasteiger partial charge on any atom is -0.494 e. The highest BCUT2D eigenvalue weighted by molar-refractivity contribution is 5.60. The van der Waals surface area contributed by atoms with Crippen LogP contribution in [0.4, 0.5) is 4.79 Å². The Balaban J connectivity index is 1.64. The summed E-state index contributed by atoms with van der Waals surface area (Å²) in [7, 11) is 0. The number of benzene rings is 1. The van der Waals surface area contributed by atoms with Crippen LogP contribution in [0.1, 0.15) is 116 Å². The molecule has 5 heteroatoms. The minimum atomic E-state index is -0.874. The van der Waals surface area contributed by atoms with Gasteiger partial charge in [-0.2, -0.15) is 0 Å². The molecule has 1 aromatic carbocycles. The van der Waals surface area contributed by atoms with Crippen LogP contribution in [0.5, 0.6) is 5.75 Å². The van der Waals surface area contributed by atoms with Gasteiger partial charge in [-0.25, -0.2) is 4.79 Å². The van der Waals surface area contributed by atoms with Crippen molar-refractivity contribution in [3.8, 4) is 5.75 Å². The summed E-state index contributed by atoms with van der Waals surface area (Å²) in [6, 6.07) is 7.82. The number of rotatable bonds is 16. The molecule has 1 aliphatic rings. The molecule has 0 atom stereocenters. The zero-order valence-electron chi connectivity index (χ0n) is 21.0. The average molecular weight is 463 g/mol. The van der Waals surface area contributed by atoms with E-state index in [1.165, 1.54) is 51.4 Å². The molecule has 1 aromatic rings. The summed E-state index contributed by atoms with van der Waals surface area (Å²) in [6.07, 6.45) is 14.7. The first-order chi connectivity index (χ1) is 16.1. The number of unbranched alkanes of at least 4 members (excludes halogenated alkanes) is 9. The number of carbonyl (C=O) groups is 1. The van der Waals surface area contributed by atoms with Gasteiger partial charge in [0.2, 0.25) is 0 Å². The van der Waals surface area contributed by atoms with Crippen LogP contribution in [0.3, 0.4) is 0 Å². The molecule has 0 amide bonds. The predicted octanol–water partition coefficient (Wildman–Crippen LogP) is 7.68. The highest BCUT2D eigenvalue weighted by Gasteiger charge is 2.36. The van der Waals surface area contributed by atoms with Crippen molar-refractivity contribution in [2.24, 2.45) is 0 Å². The van der Waals surface area contributed by atoms with Crippen molar-refractivity contribution in [3.63, 3.8) is 0 Å². The third-order valence-corrected chi connectivity index (χ3v) is 6.65. The molecule has 0 saturated heterocycles. The van der Waals surface area contributed by atoms with E-state index in [1.54, 1.807) is 0 Å². The van der Waals surface area contributed by atoms with Crippen LogP contribution in [0.2, 0.25) is 0 Å². The molecule has 0 spiro atoms. The molecule has 188 valence electrons. The van der Waals surface area contributed by atoms with Crippen molar-refractivity contribution in [1.29, 1.82) is 0 Å². The van der Waals surface area contributed by atoms with Crippen LogP contribution < -0.4 is 4.74 Å². The lowest BCUT2D eigenvalue weighted by molar-refractivity contribution is -0.0538. The van der Waals surface area contributed by atoms with Crippen molar-refractivity contribution in [2.75, 3.05) is 13.2 Å². The number of hydrogen-bond donors (Lipinski definition) is 1. The predicted molar refractivity (Wildman–Crippen MR) is 133 cm³/mol. The summed E-state index contributed by atoms with van der Waals surface area (Å²) >= 11 is 0. The van der Waals surface area contributed by atoms with E-state index >= 15 is 0 Å². The fourth-order valence-electron chi connectivity index (χ4n) is 4.44. The summed E-state index contributed by atoms with van der Waals surface area (Å²) in [5.74, 6) is 0.852. The molecule has 1 fully saturated rings. The van der Waals surface area contributed by atoms with Crippen molar-refractivity contribution in [3.05, 3.63) is 29.8 Å². The second kappa shape index (κ2) is 16.0. The van der Waals surface area contributed by atoms with Crippen molar-refractivity contribution < 1.29 is 24.1 Å². The molecule has 1 N–H and O–H groups in total. The molecule has 0 unspecified atom stereocenters. The molecule has 1 aliphatic carbocycles. The van der Waals surface area contributed by atoms with Gasteiger partial charge < -0.3 is 19.3 Å². The topological polar surface area (TPSA) is 65.0 Å². The highest BCUT2D eigenvalue weighted by atomic mass is 16.7. The lowest BCUT2D eigenvalue weighted by Gasteiger charge is -2.36. The van der Waals surface area contributed by atoms with E-state index < -0.39 is 11.8 Å². The standard InChI is InChI=1S/C28H46O5/c1-3-5-7-9-11-12-22-31-25-16-14-24(15-17-25)28(30)20-18-26(19-21-28)33-27(29)32-23-13-10-8-6-4-2/h14-17,26,30H,3-13,18-23H2,1-2H3. The van der Waals surface area contributed by atoms with Crippen LogP contribution in [-0.2, 0) is 15.1 Å². The van der Waals surface area contributed by atoms with Gasteiger partial charge in [-0.05, 0) is 56.2 Å². The Morgan fingerprint density at radius 3 is 2.00 bits per heavy atom. The van der Waals surface area contributed by atoms with E-state index in [0.717, 1.165) is 37.2 Å². The number of carbonyl (C=O) groups excluding carboxylic acids is 1. The molecule has 0 aliphatic heterocycles. The second-order valence-electron chi connectivity index (χ2n) is 9.50. The Hall–Kier alpha value is -1.75. The van der Waals surface area contributed by atoms with Crippen LogP contribution in [0, 0.1) is 0 Å². The fourth-order valence-corrected chi connectivity index (χ4v) is 4.44. The lowest BCUT2D eigenvalue weighted by Crippen LogP contribution is -2.35. The molecular formula is C28H46O5. The van der Waals surface area contributed by atoms with Gasteiger partial charge in [0.05, 0.1) is 18.8 Å². The Kier molecular flexibility index (Phi) is 13.3. The minimum absolute atomic E-state index is 0.183. The smallest absolute Gasteiger partial charge is 0.494 e. The number of ether oxygens (including phenoxy) is 3. The molecule has 0 radical (unpaired) electrons. The summed E-state index contributed by atoms with van der Waals surface area (Å²) in [6.45, 7) is 5.58. The Morgan fingerprint density at radius 1 is 0.848 bits per heavy atom. The first-order valence-electron chi connectivity index (χ1n) is 13.4. The quantitative estimate of drug-likeness (QED) is 0.202. The first kappa shape index (κ1) is 27.5. The molecule has 0 heterocycles. The lowest BCUT2D eigenvalue weighted by atomic mass is 9.78. The van der Waals surface area contributed by atoms with Gasteiger partial charge in [0, 0.05) is 0 Å². The second-order valence-corrected chi connectivity index (χ2v) is 9.50. The van der Waals surface area contributed by atoms with E-state index in [2.05, 4.69) is 13.8 Å². The molecule has 5 nitrogen and oxygen atoms in total. The zero-order valence-corrected chi connectivity index (χ0v) is 21.0. The maximum atomic E-state index is 11.9. The van der Waals surface area contributed by atoms with Crippen molar-refractivity contribution in [1.82, 2.24) is 0 Å². The fraction of sp³-hybridized carbons (Fsp3) is 0.750. The third-order valence-electron chi connectivity index (χ3n) is 6.65. The Morgan fingerprint density at radius 2 is 1.39 bits per heavy atom. The molecule has 33 heavy (non-hydrogen) atoms. The molecule has 0 bridgehead atoms. The van der Waals surface area contributed by atoms with Gasteiger partial charge in [-0.1, -0.05) is 83.8 Å². The van der Waals surface area contributed by atoms with Gasteiger partial charge in [0.1, 0.15) is 11.9 Å². The third kappa shape index (κ3) is 10.8. The monoisotopic (exact) mass is 462 g/mol. The van der Waals surface area contributed by atoms with Gasteiger partial charge in [0.15, 0.2) is 0 Å². The zero-order chi connectivity index (χ0) is 23.8. The SMILES string of the molecule is CCCCCCCCOc1ccc(C2(O)CCC(OC(=O)OCCCCCCC)CC2)cc1. The normalized spacial score (nSPS) is 20.4. The van der Waals surface area contributed by atoms with Crippen LogP contribution in [0.25, 0.3) is 0 Å². The average Bonchev–Trinajstić information content (AvgIpc) is 2.83. The molecule has 1 saturated carbocycles. The molecular weight excluding hydrogens is 416 g/mol. The maximum Gasteiger partial charge on any atom is 0.508 e. The van der Waals surface area contributed by atoms with Crippen molar-refractivity contribution in [2.45, 2.75) is 122 Å². The van der Waals surface area contributed by atoms with Crippen LogP contribution >= 0.6 is 0 Å². The van der Waals surface area contributed by atoms with Crippen LogP contribution in [-0.4, -0.2) is 30.6 Å². The van der Waals surface area contributed by atoms with Gasteiger partial charge in [-0.3, -0.25) is 0 Å². The van der Waals surface area contributed by atoms with E-state index in [0.29, 0.717) is 32.3 Å². The van der Waals surface area contributed by atoms with E-state index in [9.17, 15) is 9.90 Å². The largest absolute Gasteiger partial charge is 0.508 e. The highest BCUT2D eigenvalue weighted by Crippen LogP contribution is 2.38. The Labute approximate surface area is 201 Å². The molecule has 2 rings (SSSR count). The van der Waals surface area contributed by atoms with E-state index in [1.807, 2.05) is 24.3 Å². The summed E-state index contributed by atoms with van der Waals surface area (Å²) < 4.78 is 16.5. The van der Waals surface area contributed by atoms with Crippen LogP contribution in [0.15, 0.2) is 24.3 Å². The summed E-state index contributed by atoms with van der Waals surface area (Å²) in [4.78, 5) is 11.9. The molecule has 0 aromatic heterocycles. The van der Waals surface area contributed by atoms with Gasteiger partial charge in [0.25, 0.3) is 0 Å².